The molecule has 0 aromatic carbocycles. The van der Waals surface area contributed by atoms with Crippen molar-refractivity contribution in [2.45, 2.75) is 34.1 Å². The average Bonchev–Trinajstić information content (AvgIpc) is 2.23. The van der Waals surface area contributed by atoms with Crippen LogP contribution in [0.3, 0.4) is 0 Å². The molecule has 0 aliphatic carbocycles. The summed E-state index contributed by atoms with van der Waals surface area (Å²) >= 11 is 0. The molecule has 0 aromatic heterocycles. The molecule has 0 aliphatic rings. The first-order valence-corrected chi connectivity index (χ1v) is 5.91. The van der Waals surface area contributed by atoms with Gasteiger partial charge in [-0.25, -0.2) is 0 Å². The van der Waals surface area contributed by atoms with Gasteiger partial charge in [-0.05, 0) is 0 Å². The van der Waals surface area contributed by atoms with E-state index in [0.717, 1.165) is 0 Å². The minimum Gasteiger partial charge on any atom is -0.354 e. The van der Waals surface area contributed by atoms with Crippen LogP contribution in [0, 0.1) is 11.8 Å². The molecule has 0 rings (SSSR count). The molecule has 0 atom stereocenters. The summed E-state index contributed by atoms with van der Waals surface area (Å²) in [6.45, 7) is 7.86. The summed E-state index contributed by atoms with van der Waals surface area (Å²) in [4.78, 5) is 33.7. The van der Waals surface area contributed by atoms with E-state index in [0.29, 0.717) is 13.1 Å². The second-order valence-corrected chi connectivity index (χ2v) is 4.59. The minimum absolute atomic E-state index is 0.0440. The predicted molar refractivity (Wildman–Crippen MR) is 65.3 cm³/mol. The zero-order valence-corrected chi connectivity index (χ0v) is 11.0. The Morgan fingerprint density at radius 3 is 1.88 bits per heavy atom. The molecule has 0 saturated heterocycles. The van der Waals surface area contributed by atoms with Crippen LogP contribution in [0.2, 0.25) is 0 Å². The van der Waals surface area contributed by atoms with Gasteiger partial charge < -0.3 is 10.6 Å². The van der Waals surface area contributed by atoms with Crippen LogP contribution in [0.4, 0.5) is 0 Å². The molecular formula is C12H22N2O3. The lowest BCUT2D eigenvalue weighted by Crippen LogP contribution is -2.37. The van der Waals surface area contributed by atoms with Gasteiger partial charge in [0.2, 0.25) is 11.8 Å². The summed E-state index contributed by atoms with van der Waals surface area (Å²) in [5.41, 5.74) is 0. The Kier molecular flexibility index (Phi) is 7.18. The molecule has 0 heterocycles. The zero-order chi connectivity index (χ0) is 13.4. The predicted octanol–water partition coefficient (Wildman–Crippen LogP) is 0.490. The third-order valence-corrected chi connectivity index (χ3v) is 2.25. The SMILES string of the molecule is CC(C)C(=O)CC(=O)NCCNC(=O)C(C)C. The fourth-order valence-electron chi connectivity index (χ4n) is 1.02. The van der Waals surface area contributed by atoms with Crippen LogP contribution in [-0.2, 0) is 14.4 Å². The zero-order valence-electron chi connectivity index (χ0n) is 11.0. The van der Waals surface area contributed by atoms with Crippen molar-refractivity contribution in [2.75, 3.05) is 13.1 Å². The summed E-state index contributed by atoms with van der Waals surface area (Å²) in [6.07, 6.45) is -0.0875. The van der Waals surface area contributed by atoms with Crippen molar-refractivity contribution in [1.82, 2.24) is 10.6 Å². The first kappa shape index (κ1) is 15.6. The van der Waals surface area contributed by atoms with Gasteiger partial charge in [0, 0.05) is 24.9 Å². The van der Waals surface area contributed by atoms with E-state index in [1.807, 2.05) is 0 Å². The number of nitrogens with one attached hydrogen (secondary N) is 2. The van der Waals surface area contributed by atoms with E-state index in [-0.39, 0.29) is 35.9 Å². The number of amides is 2. The number of hydrogen-bond donors (Lipinski definition) is 2. The lowest BCUT2D eigenvalue weighted by atomic mass is 10.1. The molecule has 0 aliphatic heterocycles. The van der Waals surface area contributed by atoms with Crippen LogP contribution in [0.15, 0.2) is 0 Å². The van der Waals surface area contributed by atoms with Gasteiger partial charge in [-0.3, -0.25) is 14.4 Å². The first-order valence-electron chi connectivity index (χ1n) is 5.91. The molecule has 0 radical (unpaired) electrons. The number of ketones is 1. The number of rotatable bonds is 7. The highest BCUT2D eigenvalue weighted by Crippen LogP contribution is 1.97. The van der Waals surface area contributed by atoms with Crippen LogP contribution in [-0.4, -0.2) is 30.7 Å². The van der Waals surface area contributed by atoms with Gasteiger partial charge in [-0.15, -0.1) is 0 Å². The number of carbonyl (C=O) groups is 3. The average molecular weight is 242 g/mol. The maximum atomic E-state index is 11.3. The van der Waals surface area contributed by atoms with Crippen molar-refractivity contribution < 1.29 is 14.4 Å². The monoisotopic (exact) mass is 242 g/mol. The largest absolute Gasteiger partial charge is 0.354 e. The van der Waals surface area contributed by atoms with E-state index in [1.165, 1.54) is 0 Å². The molecule has 0 bridgehead atoms. The van der Waals surface area contributed by atoms with Crippen molar-refractivity contribution in [3.8, 4) is 0 Å². The Labute approximate surface area is 102 Å². The van der Waals surface area contributed by atoms with Crippen molar-refractivity contribution in [1.29, 1.82) is 0 Å². The summed E-state index contributed by atoms with van der Waals surface area (Å²) in [6, 6.07) is 0. The molecule has 5 heteroatoms. The Morgan fingerprint density at radius 2 is 1.41 bits per heavy atom. The number of Topliss-reactive ketones (excluding diaryl/α,β-unsaturated/α-hetero) is 1. The Hall–Kier alpha value is -1.39. The smallest absolute Gasteiger partial charge is 0.227 e. The van der Waals surface area contributed by atoms with Gasteiger partial charge in [0.05, 0.1) is 6.42 Å². The third-order valence-electron chi connectivity index (χ3n) is 2.25. The Balaban J connectivity index is 3.66. The van der Waals surface area contributed by atoms with E-state index < -0.39 is 0 Å². The second kappa shape index (κ2) is 7.81. The van der Waals surface area contributed by atoms with E-state index >= 15 is 0 Å². The van der Waals surface area contributed by atoms with Gasteiger partial charge in [-0.2, -0.15) is 0 Å². The number of carbonyl (C=O) groups excluding carboxylic acids is 3. The van der Waals surface area contributed by atoms with E-state index in [2.05, 4.69) is 10.6 Å². The molecule has 98 valence electrons. The van der Waals surface area contributed by atoms with E-state index in [4.69, 9.17) is 0 Å². The molecule has 2 amide bonds. The Morgan fingerprint density at radius 1 is 0.882 bits per heavy atom. The molecule has 0 fully saturated rings. The van der Waals surface area contributed by atoms with E-state index in [9.17, 15) is 14.4 Å². The lowest BCUT2D eigenvalue weighted by molar-refractivity contribution is -0.130. The topological polar surface area (TPSA) is 75.3 Å². The highest BCUT2D eigenvalue weighted by atomic mass is 16.2. The van der Waals surface area contributed by atoms with Crippen LogP contribution in [0.25, 0.3) is 0 Å². The van der Waals surface area contributed by atoms with Crippen LogP contribution < -0.4 is 10.6 Å². The molecule has 0 unspecified atom stereocenters. The maximum Gasteiger partial charge on any atom is 0.227 e. The summed E-state index contributed by atoms with van der Waals surface area (Å²) < 4.78 is 0. The van der Waals surface area contributed by atoms with Crippen LogP contribution in [0.5, 0.6) is 0 Å². The molecule has 2 N–H and O–H groups in total. The van der Waals surface area contributed by atoms with Gasteiger partial charge in [0.1, 0.15) is 5.78 Å². The maximum absolute atomic E-state index is 11.3. The Bertz CT molecular complexity index is 285. The van der Waals surface area contributed by atoms with Gasteiger partial charge in [-0.1, -0.05) is 27.7 Å². The summed E-state index contributed by atoms with van der Waals surface area (Å²) in [5, 5.41) is 5.26. The summed E-state index contributed by atoms with van der Waals surface area (Å²) in [7, 11) is 0. The molecular weight excluding hydrogens is 220 g/mol. The second-order valence-electron chi connectivity index (χ2n) is 4.59. The lowest BCUT2D eigenvalue weighted by Gasteiger charge is -2.09. The van der Waals surface area contributed by atoms with Crippen molar-refractivity contribution in [2.24, 2.45) is 11.8 Å². The highest BCUT2D eigenvalue weighted by molar-refractivity contribution is 5.98. The van der Waals surface area contributed by atoms with Gasteiger partial charge in [0.25, 0.3) is 0 Å². The van der Waals surface area contributed by atoms with Crippen LogP contribution >= 0.6 is 0 Å². The molecule has 0 saturated carbocycles. The number of hydrogen-bond acceptors (Lipinski definition) is 3. The van der Waals surface area contributed by atoms with Gasteiger partial charge in [0.15, 0.2) is 0 Å². The minimum atomic E-state index is -0.289. The first-order chi connectivity index (χ1) is 7.84. The van der Waals surface area contributed by atoms with Crippen LogP contribution in [0.1, 0.15) is 34.1 Å². The summed E-state index contributed by atoms with van der Waals surface area (Å²) in [5.74, 6) is -0.594. The molecule has 0 spiro atoms. The fraction of sp³-hybridized carbons (Fsp3) is 0.750. The van der Waals surface area contributed by atoms with E-state index in [1.54, 1.807) is 27.7 Å². The van der Waals surface area contributed by atoms with Crippen molar-refractivity contribution in [3.05, 3.63) is 0 Å². The van der Waals surface area contributed by atoms with Gasteiger partial charge >= 0.3 is 0 Å². The highest BCUT2D eigenvalue weighted by Gasteiger charge is 2.12. The normalized spacial score (nSPS) is 10.5. The molecule has 17 heavy (non-hydrogen) atoms. The fourth-order valence-corrected chi connectivity index (χ4v) is 1.02. The van der Waals surface area contributed by atoms with Crippen molar-refractivity contribution >= 4 is 17.6 Å². The quantitative estimate of drug-likeness (QED) is 0.504. The molecule has 0 aromatic rings. The van der Waals surface area contributed by atoms with Crippen molar-refractivity contribution in [3.63, 3.8) is 0 Å². The third kappa shape index (κ3) is 7.49. The standard InChI is InChI=1S/C12H22N2O3/c1-8(2)10(15)7-11(16)13-5-6-14-12(17)9(3)4/h8-9H,5-7H2,1-4H3,(H,13,16)(H,14,17). The molecule has 5 nitrogen and oxygen atoms in total.